The summed E-state index contributed by atoms with van der Waals surface area (Å²) in [6.45, 7) is 4.82. The van der Waals surface area contributed by atoms with Crippen LogP contribution < -0.4 is 5.73 Å². The molecular formula is C20H29ClN2O. The Bertz CT molecular complexity index is 575. The average Bonchev–Trinajstić information content (AvgIpc) is 2.51. The van der Waals surface area contributed by atoms with Gasteiger partial charge >= 0.3 is 0 Å². The van der Waals surface area contributed by atoms with Gasteiger partial charge in [0, 0.05) is 29.6 Å². The third kappa shape index (κ3) is 3.78. The molecule has 24 heavy (non-hydrogen) atoms. The van der Waals surface area contributed by atoms with Gasteiger partial charge in [0.15, 0.2) is 0 Å². The summed E-state index contributed by atoms with van der Waals surface area (Å²) < 4.78 is 0. The van der Waals surface area contributed by atoms with Crippen LogP contribution in [0.15, 0.2) is 24.3 Å². The van der Waals surface area contributed by atoms with Gasteiger partial charge in [-0.25, -0.2) is 0 Å². The molecule has 2 saturated carbocycles. The van der Waals surface area contributed by atoms with Crippen LogP contribution in [0.25, 0.3) is 0 Å². The van der Waals surface area contributed by atoms with Gasteiger partial charge in [-0.05, 0) is 69.1 Å². The van der Waals surface area contributed by atoms with Crippen LogP contribution in [0, 0.1) is 17.8 Å². The van der Waals surface area contributed by atoms with Gasteiger partial charge < -0.3 is 10.6 Å². The predicted octanol–water partition coefficient (Wildman–Crippen LogP) is 4.23. The van der Waals surface area contributed by atoms with E-state index < -0.39 is 0 Å². The Morgan fingerprint density at radius 2 is 1.96 bits per heavy atom. The number of carbonyl (C=O) groups excluding carboxylic acids is 1. The van der Waals surface area contributed by atoms with Crippen molar-refractivity contribution in [2.45, 2.75) is 64.6 Å². The van der Waals surface area contributed by atoms with Crippen LogP contribution in [0.1, 0.15) is 51.5 Å². The maximum atomic E-state index is 13.2. The lowest BCUT2D eigenvalue weighted by molar-refractivity contribution is -0.141. The van der Waals surface area contributed by atoms with Crippen molar-refractivity contribution in [2.24, 2.45) is 23.5 Å². The molecule has 1 aromatic carbocycles. The first kappa shape index (κ1) is 17.8. The molecule has 0 radical (unpaired) electrons. The monoisotopic (exact) mass is 348 g/mol. The van der Waals surface area contributed by atoms with Crippen molar-refractivity contribution >= 4 is 17.5 Å². The lowest BCUT2D eigenvalue weighted by Crippen LogP contribution is -2.50. The molecular weight excluding hydrogens is 320 g/mol. The fourth-order valence-corrected chi connectivity index (χ4v) is 4.79. The van der Waals surface area contributed by atoms with E-state index in [1.807, 2.05) is 29.2 Å². The van der Waals surface area contributed by atoms with Gasteiger partial charge in [-0.3, -0.25) is 4.79 Å². The van der Waals surface area contributed by atoms with E-state index in [1.165, 1.54) is 19.3 Å². The molecule has 0 spiro atoms. The van der Waals surface area contributed by atoms with Crippen molar-refractivity contribution in [3.63, 3.8) is 0 Å². The van der Waals surface area contributed by atoms with E-state index in [4.69, 9.17) is 17.3 Å². The quantitative estimate of drug-likeness (QED) is 0.885. The molecule has 0 aliphatic heterocycles. The third-order valence-corrected chi connectivity index (χ3v) is 6.15. The summed E-state index contributed by atoms with van der Waals surface area (Å²) in [6, 6.07) is 8.31. The average molecular weight is 349 g/mol. The van der Waals surface area contributed by atoms with E-state index in [9.17, 15) is 4.79 Å². The number of amides is 1. The van der Waals surface area contributed by atoms with E-state index in [1.54, 1.807) is 0 Å². The second-order valence-corrected chi connectivity index (χ2v) is 8.32. The molecule has 132 valence electrons. The number of halogens is 1. The SMILES string of the molecule is CC(C)N(Cc1cccc(Cl)c1)C(=O)C1CC2CCCC(C1)C2N. The predicted molar refractivity (Wildman–Crippen MR) is 98.7 cm³/mol. The molecule has 0 heterocycles. The first-order valence-electron chi connectivity index (χ1n) is 9.26. The second-order valence-electron chi connectivity index (χ2n) is 7.89. The van der Waals surface area contributed by atoms with Crippen LogP contribution in [0.2, 0.25) is 5.02 Å². The Morgan fingerprint density at radius 1 is 1.29 bits per heavy atom. The zero-order valence-corrected chi connectivity index (χ0v) is 15.5. The molecule has 3 nitrogen and oxygen atoms in total. The molecule has 1 amide bonds. The number of nitrogens with zero attached hydrogens (tertiary/aromatic N) is 1. The molecule has 2 N–H and O–H groups in total. The first-order valence-corrected chi connectivity index (χ1v) is 9.64. The topological polar surface area (TPSA) is 46.3 Å². The van der Waals surface area contributed by atoms with Gasteiger partial charge in [-0.2, -0.15) is 0 Å². The smallest absolute Gasteiger partial charge is 0.226 e. The van der Waals surface area contributed by atoms with Crippen molar-refractivity contribution in [3.05, 3.63) is 34.9 Å². The number of nitrogens with two attached hydrogens (primary N) is 1. The highest BCUT2D eigenvalue weighted by Crippen LogP contribution is 2.42. The van der Waals surface area contributed by atoms with Crippen molar-refractivity contribution < 1.29 is 4.79 Å². The summed E-state index contributed by atoms with van der Waals surface area (Å²) in [5, 5.41) is 0.724. The Morgan fingerprint density at radius 3 is 2.54 bits per heavy atom. The van der Waals surface area contributed by atoms with Crippen molar-refractivity contribution in [3.8, 4) is 0 Å². The fourth-order valence-electron chi connectivity index (χ4n) is 4.57. The number of benzene rings is 1. The van der Waals surface area contributed by atoms with E-state index in [2.05, 4.69) is 13.8 Å². The highest BCUT2D eigenvalue weighted by atomic mass is 35.5. The highest BCUT2D eigenvalue weighted by molar-refractivity contribution is 6.30. The minimum Gasteiger partial charge on any atom is -0.336 e. The second kappa shape index (κ2) is 7.45. The molecule has 2 fully saturated rings. The highest BCUT2D eigenvalue weighted by Gasteiger charge is 2.41. The number of hydrogen-bond donors (Lipinski definition) is 1. The summed E-state index contributed by atoms with van der Waals surface area (Å²) in [5.74, 6) is 1.51. The lowest BCUT2D eigenvalue weighted by atomic mass is 9.65. The Kier molecular flexibility index (Phi) is 5.51. The lowest BCUT2D eigenvalue weighted by Gasteiger charge is -2.45. The van der Waals surface area contributed by atoms with E-state index in [0.29, 0.717) is 30.3 Å². The Balaban J connectivity index is 1.73. The van der Waals surface area contributed by atoms with Crippen molar-refractivity contribution in [1.82, 2.24) is 4.90 Å². The molecule has 2 aliphatic rings. The molecule has 0 aromatic heterocycles. The normalized spacial score (nSPS) is 29.5. The van der Waals surface area contributed by atoms with Gasteiger partial charge in [0.25, 0.3) is 0 Å². The Labute approximate surface area is 150 Å². The van der Waals surface area contributed by atoms with E-state index in [-0.39, 0.29) is 12.0 Å². The molecule has 3 rings (SSSR count). The van der Waals surface area contributed by atoms with Gasteiger partial charge in [-0.1, -0.05) is 30.2 Å². The largest absolute Gasteiger partial charge is 0.336 e. The van der Waals surface area contributed by atoms with Crippen LogP contribution in [0.5, 0.6) is 0 Å². The molecule has 2 bridgehead atoms. The van der Waals surface area contributed by atoms with Crippen molar-refractivity contribution in [1.29, 1.82) is 0 Å². The summed E-state index contributed by atoms with van der Waals surface area (Å²) in [7, 11) is 0. The molecule has 4 heteroatoms. The zero-order chi connectivity index (χ0) is 17.3. The number of hydrogen-bond acceptors (Lipinski definition) is 2. The van der Waals surface area contributed by atoms with Gasteiger partial charge in [0.1, 0.15) is 0 Å². The first-order chi connectivity index (χ1) is 11.5. The molecule has 0 saturated heterocycles. The zero-order valence-electron chi connectivity index (χ0n) is 14.7. The minimum absolute atomic E-state index is 0.140. The molecule has 1 aromatic rings. The summed E-state index contributed by atoms with van der Waals surface area (Å²) in [6.07, 6.45) is 5.60. The third-order valence-electron chi connectivity index (χ3n) is 5.91. The van der Waals surface area contributed by atoms with Gasteiger partial charge in [0.2, 0.25) is 5.91 Å². The fraction of sp³-hybridized carbons (Fsp3) is 0.650. The summed E-state index contributed by atoms with van der Waals surface area (Å²) >= 11 is 6.10. The van der Waals surface area contributed by atoms with Crippen LogP contribution in [0.4, 0.5) is 0 Å². The summed E-state index contributed by atoms with van der Waals surface area (Å²) in [4.78, 5) is 15.2. The summed E-state index contributed by atoms with van der Waals surface area (Å²) in [5.41, 5.74) is 7.48. The van der Waals surface area contributed by atoms with Gasteiger partial charge in [0.05, 0.1) is 0 Å². The van der Waals surface area contributed by atoms with E-state index >= 15 is 0 Å². The number of fused-ring (bicyclic) bond motifs is 2. The van der Waals surface area contributed by atoms with E-state index in [0.717, 1.165) is 23.4 Å². The van der Waals surface area contributed by atoms with Gasteiger partial charge in [-0.15, -0.1) is 0 Å². The Hall–Kier alpha value is -1.06. The molecule has 2 aliphatic carbocycles. The van der Waals surface area contributed by atoms with Crippen molar-refractivity contribution in [2.75, 3.05) is 0 Å². The molecule has 2 atom stereocenters. The minimum atomic E-state index is 0.140. The van der Waals surface area contributed by atoms with Crippen LogP contribution in [0.3, 0.4) is 0 Å². The molecule has 2 unspecified atom stereocenters. The standard InChI is InChI=1S/C20H29ClN2O/c1-13(2)23(12-14-5-3-8-18(21)9-14)20(24)17-10-15-6-4-7-16(11-17)19(15)22/h3,5,8-9,13,15-17,19H,4,6-7,10-12,22H2,1-2H3. The maximum absolute atomic E-state index is 13.2. The van der Waals surface area contributed by atoms with Crippen LogP contribution in [-0.4, -0.2) is 22.9 Å². The maximum Gasteiger partial charge on any atom is 0.226 e. The van der Waals surface area contributed by atoms with Crippen LogP contribution in [-0.2, 0) is 11.3 Å². The number of rotatable bonds is 4. The van der Waals surface area contributed by atoms with Crippen LogP contribution >= 0.6 is 11.6 Å². The number of carbonyl (C=O) groups is 1.